The molecular weight excluding hydrogens is 536 g/mol. The van der Waals surface area contributed by atoms with Crippen molar-refractivity contribution in [2.24, 2.45) is 0 Å². The summed E-state index contributed by atoms with van der Waals surface area (Å²) in [4.78, 5) is 45.2. The van der Waals surface area contributed by atoms with Crippen molar-refractivity contribution in [1.82, 2.24) is 10.6 Å². The van der Waals surface area contributed by atoms with Crippen molar-refractivity contribution in [2.45, 2.75) is 125 Å². The monoisotopic (exact) mass is 600 g/mol. The number of amides is 2. The summed E-state index contributed by atoms with van der Waals surface area (Å²) in [5, 5.41) is 5.36. The molecule has 2 amide bonds. The van der Waals surface area contributed by atoms with Gasteiger partial charge in [0, 0.05) is 32.9 Å². The summed E-state index contributed by atoms with van der Waals surface area (Å²) >= 11 is 0. The first-order valence-corrected chi connectivity index (χ1v) is 15.2. The topological polar surface area (TPSA) is 120 Å². The van der Waals surface area contributed by atoms with Gasteiger partial charge < -0.3 is 24.8 Å². The molecule has 0 fully saturated rings. The number of nitrogens with one attached hydrogen (secondary N) is 2. The Morgan fingerprint density at radius 2 is 1.48 bits per heavy atom. The SMILES string of the molecule is C=C.C=CCCC(=O)C(CCCOCC=C)NC(C)=O.CC.CC.CCOC(=O)CCCCCNC(=O)OC(C)(C)C. The Morgan fingerprint density at radius 3 is 1.95 bits per heavy atom. The maximum absolute atomic E-state index is 11.8. The standard InChI is InChI=1S/C14H23NO3.C13H25NO4.2C2H6.C2H4/c1-4-6-9-14(17)13(15-12(3)16)8-7-11-18-10-5-2;1-5-17-11(15)9-7-6-8-10-14-12(16)18-13(2,3)4;3*1-2/h4-5,13H,1-2,6-11H2,3H3,(H,15,16);5-10H2,1-4H3,(H,14,16);2*1-2H3;1-2H2. The van der Waals surface area contributed by atoms with Crippen LogP contribution in [0, 0.1) is 0 Å². The van der Waals surface area contributed by atoms with E-state index in [2.05, 4.69) is 36.9 Å². The lowest BCUT2D eigenvalue weighted by Crippen LogP contribution is -2.39. The maximum Gasteiger partial charge on any atom is 0.407 e. The zero-order chi connectivity index (χ0) is 33.8. The van der Waals surface area contributed by atoms with E-state index in [1.807, 2.05) is 48.5 Å². The molecular formula is C33H64N2O7. The Labute approximate surface area is 257 Å². The van der Waals surface area contributed by atoms with Gasteiger partial charge in [-0.25, -0.2) is 4.79 Å². The lowest BCUT2D eigenvalue weighted by atomic mass is 10.0. The first kappa shape index (κ1) is 48.8. The van der Waals surface area contributed by atoms with E-state index in [1.165, 1.54) is 6.92 Å². The summed E-state index contributed by atoms with van der Waals surface area (Å²) in [5.41, 5.74) is -0.464. The first-order chi connectivity index (χ1) is 20.0. The van der Waals surface area contributed by atoms with Crippen LogP contribution in [-0.2, 0) is 28.6 Å². The number of ketones is 1. The van der Waals surface area contributed by atoms with Crippen molar-refractivity contribution in [3.8, 4) is 0 Å². The van der Waals surface area contributed by atoms with E-state index >= 15 is 0 Å². The van der Waals surface area contributed by atoms with Crippen LogP contribution in [0.2, 0.25) is 0 Å². The van der Waals surface area contributed by atoms with Gasteiger partial charge in [-0.05, 0) is 59.8 Å². The van der Waals surface area contributed by atoms with Gasteiger partial charge in [-0.3, -0.25) is 14.4 Å². The molecule has 0 aliphatic heterocycles. The van der Waals surface area contributed by atoms with Gasteiger partial charge in [-0.2, -0.15) is 0 Å². The zero-order valence-corrected chi connectivity index (χ0v) is 28.4. The Morgan fingerprint density at radius 1 is 0.881 bits per heavy atom. The van der Waals surface area contributed by atoms with Gasteiger partial charge in [0.2, 0.25) is 5.91 Å². The van der Waals surface area contributed by atoms with E-state index in [1.54, 1.807) is 19.1 Å². The van der Waals surface area contributed by atoms with Gasteiger partial charge in [0.25, 0.3) is 0 Å². The molecule has 0 spiro atoms. The Hall–Kier alpha value is -2.94. The quantitative estimate of drug-likeness (QED) is 0.0949. The molecule has 42 heavy (non-hydrogen) atoms. The first-order valence-electron chi connectivity index (χ1n) is 15.2. The second kappa shape index (κ2) is 38.1. The van der Waals surface area contributed by atoms with Crippen LogP contribution in [0.15, 0.2) is 38.5 Å². The van der Waals surface area contributed by atoms with Crippen LogP contribution in [0.4, 0.5) is 4.79 Å². The fourth-order valence-electron chi connectivity index (χ4n) is 2.84. The highest BCUT2D eigenvalue weighted by Gasteiger charge is 2.18. The maximum atomic E-state index is 11.8. The molecule has 0 saturated carbocycles. The molecule has 1 atom stereocenters. The second-order valence-electron chi connectivity index (χ2n) is 9.10. The predicted octanol–water partition coefficient (Wildman–Crippen LogP) is 7.50. The number of unbranched alkanes of at least 4 members (excludes halogenated alkanes) is 2. The molecule has 9 heteroatoms. The molecule has 0 radical (unpaired) electrons. The number of esters is 1. The van der Waals surface area contributed by atoms with Crippen LogP contribution in [0.5, 0.6) is 0 Å². The average molecular weight is 601 g/mol. The number of Topliss-reactive ketones (excluding diaryl/α,β-unsaturated/α-hetero) is 1. The lowest BCUT2D eigenvalue weighted by molar-refractivity contribution is -0.143. The zero-order valence-electron chi connectivity index (χ0n) is 28.4. The van der Waals surface area contributed by atoms with E-state index in [0.717, 1.165) is 25.7 Å². The lowest BCUT2D eigenvalue weighted by Gasteiger charge is -2.19. The minimum Gasteiger partial charge on any atom is -0.466 e. The number of allylic oxidation sites excluding steroid dienone is 1. The third kappa shape index (κ3) is 44.1. The summed E-state index contributed by atoms with van der Waals surface area (Å²) in [6, 6.07) is -0.408. The van der Waals surface area contributed by atoms with Crippen LogP contribution >= 0.6 is 0 Å². The minimum atomic E-state index is -0.464. The highest BCUT2D eigenvalue weighted by Crippen LogP contribution is 2.07. The normalized spacial score (nSPS) is 10.0. The molecule has 2 N–H and O–H groups in total. The van der Waals surface area contributed by atoms with E-state index < -0.39 is 17.7 Å². The van der Waals surface area contributed by atoms with Gasteiger partial charge in [0.15, 0.2) is 5.78 Å². The number of alkyl carbamates (subject to hydrolysis) is 1. The van der Waals surface area contributed by atoms with Crippen molar-refractivity contribution in [2.75, 3.05) is 26.4 Å². The molecule has 1 unspecified atom stereocenters. The number of ether oxygens (including phenoxy) is 3. The van der Waals surface area contributed by atoms with Gasteiger partial charge in [0.05, 0.1) is 19.3 Å². The smallest absolute Gasteiger partial charge is 0.407 e. The third-order valence-corrected chi connectivity index (χ3v) is 4.41. The van der Waals surface area contributed by atoms with E-state index in [0.29, 0.717) is 52.0 Å². The highest BCUT2D eigenvalue weighted by molar-refractivity contribution is 5.88. The van der Waals surface area contributed by atoms with Crippen molar-refractivity contribution in [1.29, 1.82) is 0 Å². The predicted molar refractivity (Wildman–Crippen MR) is 176 cm³/mol. The van der Waals surface area contributed by atoms with Crippen molar-refractivity contribution in [3.05, 3.63) is 38.5 Å². The molecule has 0 aromatic heterocycles. The summed E-state index contributed by atoms with van der Waals surface area (Å²) in [6.07, 6.45) is 8.33. The van der Waals surface area contributed by atoms with Crippen LogP contribution < -0.4 is 10.6 Å². The number of carbonyl (C=O) groups excluding carboxylic acids is 4. The summed E-state index contributed by atoms with van der Waals surface area (Å²) < 4.78 is 15.1. The highest BCUT2D eigenvalue weighted by atomic mass is 16.6. The van der Waals surface area contributed by atoms with Crippen molar-refractivity contribution < 1.29 is 33.4 Å². The molecule has 0 saturated heterocycles. The van der Waals surface area contributed by atoms with Crippen molar-refractivity contribution >= 4 is 23.8 Å². The number of carbonyl (C=O) groups is 4. The summed E-state index contributed by atoms with van der Waals surface area (Å²) in [5.74, 6) is -0.287. The minimum absolute atomic E-state index is 0.0498. The molecule has 248 valence electrons. The van der Waals surface area contributed by atoms with E-state index in [9.17, 15) is 19.2 Å². The number of hydrogen-bond acceptors (Lipinski definition) is 7. The number of rotatable bonds is 18. The van der Waals surface area contributed by atoms with Gasteiger partial charge in [-0.15, -0.1) is 26.3 Å². The largest absolute Gasteiger partial charge is 0.466 e. The van der Waals surface area contributed by atoms with Gasteiger partial charge in [0.1, 0.15) is 5.60 Å². The fraction of sp³-hybridized carbons (Fsp3) is 0.697. The van der Waals surface area contributed by atoms with Crippen LogP contribution in [-0.4, -0.2) is 61.8 Å². The number of hydrogen-bond donors (Lipinski definition) is 2. The van der Waals surface area contributed by atoms with E-state index in [4.69, 9.17) is 14.2 Å². The summed E-state index contributed by atoms with van der Waals surface area (Å²) in [6.45, 7) is 31.9. The molecule has 0 heterocycles. The van der Waals surface area contributed by atoms with Gasteiger partial charge in [-0.1, -0.05) is 46.3 Å². The van der Waals surface area contributed by atoms with Crippen LogP contribution in [0.3, 0.4) is 0 Å². The van der Waals surface area contributed by atoms with Crippen LogP contribution in [0.25, 0.3) is 0 Å². The van der Waals surface area contributed by atoms with E-state index in [-0.39, 0.29) is 17.7 Å². The third-order valence-electron chi connectivity index (χ3n) is 4.41. The molecule has 0 rings (SSSR count). The average Bonchev–Trinajstić information content (AvgIpc) is 2.95. The van der Waals surface area contributed by atoms with Crippen molar-refractivity contribution in [3.63, 3.8) is 0 Å². The molecule has 0 aromatic rings. The summed E-state index contributed by atoms with van der Waals surface area (Å²) in [7, 11) is 0. The second-order valence-corrected chi connectivity index (χ2v) is 9.10. The molecule has 0 aliphatic carbocycles. The molecule has 9 nitrogen and oxygen atoms in total. The van der Waals surface area contributed by atoms with Gasteiger partial charge >= 0.3 is 12.1 Å². The Balaban J connectivity index is -0.000000184. The Kier molecular flexibility index (Phi) is 44.2. The van der Waals surface area contributed by atoms with Crippen LogP contribution in [0.1, 0.15) is 114 Å². The Bertz CT molecular complexity index is 674. The molecule has 0 bridgehead atoms. The molecule has 0 aromatic carbocycles. The fourth-order valence-corrected chi connectivity index (χ4v) is 2.84. The molecule has 0 aliphatic rings.